The maximum atomic E-state index is 11.9. The molecule has 2 aromatic rings. The fourth-order valence-electron chi connectivity index (χ4n) is 2.34. The molecule has 0 aliphatic heterocycles. The molecule has 0 bridgehead atoms. The van der Waals surface area contributed by atoms with E-state index in [1.807, 2.05) is 0 Å². The average Bonchev–Trinajstić information content (AvgIpc) is 2.66. The van der Waals surface area contributed by atoms with Crippen molar-refractivity contribution >= 4 is 39.1 Å². The van der Waals surface area contributed by atoms with Crippen molar-refractivity contribution in [1.82, 2.24) is 10.0 Å². The number of carbonyl (C=O) groups is 1. The van der Waals surface area contributed by atoms with Crippen molar-refractivity contribution in [3.8, 4) is 5.75 Å². The molecular formula is C19H22Cl2N2O4S. The molecule has 0 aliphatic rings. The first-order chi connectivity index (χ1) is 13.3. The summed E-state index contributed by atoms with van der Waals surface area (Å²) in [6, 6.07) is 12.1. The summed E-state index contributed by atoms with van der Waals surface area (Å²) in [7, 11) is -1.91. The summed E-state index contributed by atoms with van der Waals surface area (Å²) in [6.45, 7) is 0.741. The number of hydrogen-bond acceptors (Lipinski definition) is 4. The Balaban J connectivity index is 1.69. The highest BCUT2D eigenvalue weighted by molar-refractivity contribution is 7.88. The lowest BCUT2D eigenvalue weighted by Gasteiger charge is -2.09. The summed E-state index contributed by atoms with van der Waals surface area (Å²) in [5.41, 5.74) is 1.57. The molecule has 9 heteroatoms. The van der Waals surface area contributed by atoms with Crippen LogP contribution in [0.3, 0.4) is 0 Å². The smallest absolute Gasteiger partial charge is 0.220 e. The van der Waals surface area contributed by atoms with Gasteiger partial charge in [-0.2, -0.15) is 0 Å². The Morgan fingerprint density at radius 2 is 1.75 bits per heavy atom. The van der Waals surface area contributed by atoms with E-state index < -0.39 is 10.0 Å². The molecule has 2 N–H and O–H groups in total. The van der Waals surface area contributed by atoms with Gasteiger partial charge in [0.1, 0.15) is 5.75 Å². The summed E-state index contributed by atoms with van der Waals surface area (Å²) in [5, 5.41) is 3.80. The Bertz CT molecular complexity index is 903. The van der Waals surface area contributed by atoms with Crippen molar-refractivity contribution in [2.75, 3.05) is 13.7 Å². The maximum Gasteiger partial charge on any atom is 0.220 e. The van der Waals surface area contributed by atoms with Crippen LogP contribution in [0.25, 0.3) is 0 Å². The molecular weight excluding hydrogens is 423 g/mol. The predicted octanol–water partition coefficient (Wildman–Crippen LogP) is 3.52. The topological polar surface area (TPSA) is 84.5 Å². The molecule has 0 saturated heterocycles. The Hall–Kier alpha value is -1.80. The van der Waals surface area contributed by atoms with Crippen LogP contribution in [0.15, 0.2) is 42.5 Å². The third kappa shape index (κ3) is 7.67. The monoisotopic (exact) mass is 444 g/mol. The zero-order chi connectivity index (χ0) is 20.6. The first-order valence-corrected chi connectivity index (χ1v) is 11.0. The van der Waals surface area contributed by atoms with E-state index >= 15 is 0 Å². The second-order valence-electron chi connectivity index (χ2n) is 6.08. The summed E-state index contributed by atoms with van der Waals surface area (Å²) in [6.07, 6.45) is 0.870. The third-order valence-corrected chi connectivity index (χ3v) is 5.75. The lowest BCUT2D eigenvalue weighted by Crippen LogP contribution is -2.23. The zero-order valence-corrected chi connectivity index (χ0v) is 17.7. The van der Waals surface area contributed by atoms with E-state index in [9.17, 15) is 13.2 Å². The Morgan fingerprint density at radius 1 is 1.07 bits per heavy atom. The third-order valence-electron chi connectivity index (χ3n) is 3.88. The van der Waals surface area contributed by atoms with Gasteiger partial charge in [-0.1, -0.05) is 47.5 Å². The van der Waals surface area contributed by atoms with Gasteiger partial charge in [-0.3, -0.25) is 4.79 Å². The van der Waals surface area contributed by atoms with Crippen LogP contribution < -0.4 is 14.8 Å². The average molecular weight is 445 g/mol. The molecule has 0 heterocycles. The number of sulfonamides is 1. The molecule has 0 spiro atoms. The molecule has 1 amide bonds. The van der Waals surface area contributed by atoms with Crippen LogP contribution >= 0.6 is 23.2 Å². The van der Waals surface area contributed by atoms with Gasteiger partial charge in [-0.25, -0.2) is 13.1 Å². The molecule has 0 unspecified atom stereocenters. The Morgan fingerprint density at radius 3 is 2.39 bits per heavy atom. The number of nitrogens with one attached hydrogen (secondary N) is 2. The number of amides is 1. The fourth-order valence-corrected chi connectivity index (χ4v) is 3.58. The second-order valence-corrected chi connectivity index (χ2v) is 8.85. The minimum atomic E-state index is -3.30. The van der Waals surface area contributed by atoms with Crippen molar-refractivity contribution < 1.29 is 17.9 Å². The minimum absolute atomic E-state index is 0.0756. The summed E-state index contributed by atoms with van der Waals surface area (Å²) < 4.78 is 30.9. The highest BCUT2D eigenvalue weighted by atomic mass is 35.5. The van der Waals surface area contributed by atoms with Crippen molar-refractivity contribution in [2.24, 2.45) is 0 Å². The van der Waals surface area contributed by atoms with Gasteiger partial charge < -0.3 is 10.1 Å². The molecule has 28 heavy (non-hydrogen) atoms. The zero-order valence-electron chi connectivity index (χ0n) is 15.4. The van der Waals surface area contributed by atoms with Crippen LogP contribution in [0, 0.1) is 0 Å². The van der Waals surface area contributed by atoms with Crippen molar-refractivity contribution in [3.05, 3.63) is 63.6 Å². The van der Waals surface area contributed by atoms with Crippen molar-refractivity contribution in [1.29, 1.82) is 0 Å². The number of ether oxygens (including phenoxy) is 1. The largest absolute Gasteiger partial charge is 0.492 e. The highest BCUT2D eigenvalue weighted by Crippen LogP contribution is 2.27. The molecule has 152 valence electrons. The normalized spacial score (nSPS) is 11.2. The van der Waals surface area contributed by atoms with Crippen molar-refractivity contribution in [2.45, 2.75) is 25.1 Å². The number of rotatable bonds is 10. The van der Waals surface area contributed by atoms with Gasteiger partial charge in [-0.15, -0.1) is 0 Å². The first-order valence-electron chi connectivity index (χ1n) is 8.62. The first kappa shape index (κ1) is 22.5. The van der Waals surface area contributed by atoms with Crippen LogP contribution in [-0.4, -0.2) is 28.0 Å². The van der Waals surface area contributed by atoms with E-state index in [0.717, 1.165) is 5.56 Å². The number of halogens is 2. The quantitative estimate of drug-likeness (QED) is 0.549. The molecule has 2 rings (SSSR count). The molecule has 0 saturated carbocycles. The Labute approximate surface area is 175 Å². The summed E-state index contributed by atoms with van der Waals surface area (Å²) in [5.74, 6) is 0.368. The predicted molar refractivity (Wildman–Crippen MR) is 111 cm³/mol. The van der Waals surface area contributed by atoms with Gasteiger partial charge in [0.2, 0.25) is 15.9 Å². The van der Waals surface area contributed by atoms with Crippen LogP contribution in [0.1, 0.15) is 24.0 Å². The molecule has 0 aliphatic carbocycles. The van der Waals surface area contributed by atoms with Gasteiger partial charge >= 0.3 is 0 Å². The molecule has 2 aromatic carbocycles. The van der Waals surface area contributed by atoms with Crippen LogP contribution in [0.2, 0.25) is 10.0 Å². The molecule has 0 aromatic heterocycles. The highest BCUT2D eigenvalue weighted by Gasteiger charge is 2.08. The maximum absolute atomic E-state index is 11.9. The molecule has 0 fully saturated rings. The lowest BCUT2D eigenvalue weighted by atomic mass is 10.1. The van der Waals surface area contributed by atoms with Gasteiger partial charge in [0.15, 0.2) is 0 Å². The SMILES string of the molecule is CNS(=O)(=O)Cc1ccc(CNC(=O)CCCOc2ccc(Cl)cc2Cl)cc1. The standard InChI is InChI=1S/C19H22Cl2N2O4S/c1-22-28(25,26)13-15-6-4-14(5-7-15)12-23-19(24)3-2-10-27-18-9-8-16(20)11-17(18)21/h4-9,11,22H,2-3,10,12-13H2,1H3,(H,23,24). The van der Waals surface area contributed by atoms with Crippen molar-refractivity contribution in [3.63, 3.8) is 0 Å². The number of hydrogen-bond donors (Lipinski definition) is 2. The number of carbonyl (C=O) groups excluding carboxylic acids is 1. The second kappa shape index (κ2) is 10.7. The minimum Gasteiger partial charge on any atom is -0.492 e. The molecule has 0 radical (unpaired) electrons. The Kier molecular flexibility index (Phi) is 8.57. The van der Waals surface area contributed by atoms with E-state index in [0.29, 0.717) is 47.4 Å². The number of benzene rings is 2. The van der Waals surface area contributed by atoms with E-state index in [2.05, 4.69) is 10.0 Å². The van der Waals surface area contributed by atoms with Gasteiger partial charge in [0, 0.05) is 18.0 Å². The van der Waals surface area contributed by atoms with E-state index in [1.165, 1.54) is 7.05 Å². The van der Waals surface area contributed by atoms with Gasteiger partial charge in [-0.05, 0) is 42.8 Å². The van der Waals surface area contributed by atoms with Gasteiger partial charge in [0.05, 0.1) is 17.4 Å². The van der Waals surface area contributed by atoms with Crippen LogP contribution in [-0.2, 0) is 27.1 Å². The fraction of sp³-hybridized carbons (Fsp3) is 0.316. The summed E-state index contributed by atoms with van der Waals surface area (Å²) >= 11 is 11.8. The van der Waals surface area contributed by atoms with E-state index in [-0.39, 0.29) is 11.7 Å². The van der Waals surface area contributed by atoms with Crippen LogP contribution in [0.5, 0.6) is 5.75 Å². The molecule has 0 atom stereocenters. The lowest BCUT2D eigenvalue weighted by molar-refractivity contribution is -0.121. The van der Waals surface area contributed by atoms with Crippen LogP contribution in [0.4, 0.5) is 0 Å². The summed E-state index contributed by atoms with van der Waals surface area (Å²) in [4.78, 5) is 11.9. The van der Waals surface area contributed by atoms with E-state index in [1.54, 1.807) is 42.5 Å². The van der Waals surface area contributed by atoms with Gasteiger partial charge in [0.25, 0.3) is 0 Å². The van der Waals surface area contributed by atoms with E-state index in [4.69, 9.17) is 27.9 Å². The molecule has 6 nitrogen and oxygen atoms in total.